The lowest BCUT2D eigenvalue weighted by Crippen LogP contribution is -2.31. The normalized spacial score (nSPS) is 18.5. The van der Waals surface area contributed by atoms with Crippen LogP contribution in [-0.4, -0.2) is 18.0 Å². The van der Waals surface area contributed by atoms with Crippen LogP contribution in [-0.2, 0) is 23.5 Å². The minimum absolute atomic E-state index is 0.116. The van der Waals surface area contributed by atoms with Crippen molar-refractivity contribution in [1.82, 2.24) is 14.3 Å². The van der Waals surface area contributed by atoms with Crippen LogP contribution in [0, 0.1) is 0 Å². The lowest BCUT2D eigenvalue weighted by atomic mass is 9.88. The molecule has 0 radical (unpaired) electrons. The third kappa shape index (κ3) is 2.71. The maximum atomic E-state index is 12.5. The molecule has 0 fully saturated rings. The Kier molecular flexibility index (Phi) is 3.77. The number of halogens is 1. The molecule has 112 valence electrons. The van der Waals surface area contributed by atoms with Crippen molar-refractivity contribution in [3.05, 3.63) is 46.9 Å². The molecule has 1 aliphatic carbocycles. The van der Waals surface area contributed by atoms with Gasteiger partial charge in [0.2, 0.25) is 5.03 Å². The molecule has 1 aromatic heterocycles. The van der Waals surface area contributed by atoms with Gasteiger partial charge in [-0.05, 0) is 30.4 Å². The molecular formula is C14H16ClN3O2S. The Morgan fingerprint density at radius 2 is 2.14 bits per heavy atom. The summed E-state index contributed by atoms with van der Waals surface area (Å²) in [4.78, 5) is 3.89. The van der Waals surface area contributed by atoms with E-state index in [1.54, 1.807) is 7.05 Å². The summed E-state index contributed by atoms with van der Waals surface area (Å²) in [5.74, 6) is 0. The van der Waals surface area contributed by atoms with Crippen molar-refractivity contribution in [2.75, 3.05) is 0 Å². The summed E-state index contributed by atoms with van der Waals surface area (Å²) >= 11 is 5.99. The average Bonchev–Trinajstić information content (AvgIpc) is 2.80. The van der Waals surface area contributed by atoms with E-state index in [2.05, 4.69) is 9.71 Å². The fourth-order valence-corrected chi connectivity index (χ4v) is 4.37. The summed E-state index contributed by atoms with van der Waals surface area (Å²) < 4.78 is 29.2. The SMILES string of the molecule is Cn1cnc(S(=O)(=O)NC2CCCc3ccccc32)c1Cl. The van der Waals surface area contributed by atoms with E-state index in [1.165, 1.54) is 16.5 Å². The molecule has 3 rings (SSSR count). The van der Waals surface area contributed by atoms with Gasteiger partial charge in [-0.1, -0.05) is 35.9 Å². The third-order valence-corrected chi connectivity index (χ3v) is 5.72. The van der Waals surface area contributed by atoms with Crippen molar-refractivity contribution in [2.24, 2.45) is 7.05 Å². The molecule has 1 unspecified atom stereocenters. The number of aryl methyl sites for hydroxylation is 2. The largest absolute Gasteiger partial charge is 0.324 e. The van der Waals surface area contributed by atoms with Gasteiger partial charge in [0.15, 0.2) is 0 Å². The van der Waals surface area contributed by atoms with Crippen LogP contribution in [0.4, 0.5) is 0 Å². The molecule has 2 aromatic rings. The highest BCUT2D eigenvalue weighted by Gasteiger charge is 2.28. The fraction of sp³-hybridized carbons (Fsp3) is 0.357. The molecule has 7 heteroatoms. The lowest BCUT2D eigenvalue weighted by Gasteiger charge is -2.25. The topological polar surface area (TPSA) is 64.0 Å². The number of nitrogens with zero attached hydrogens (tertiary/aromatic N) is 2. The van der Waals surface area contributed by atoms with Crippen molar-refractivity contribution >= 4 is 21.6 Å². The minimum Gasteiger partial charge on any atom is -0.324 e. The predicted octanol–water partition coefficient (Wildman–Crippen LogP) is 2.43. The highest BCUT2D eigenvalue weighted by atomic mass is 35.5. The number of aromatic nitrogens is 2. The van der Waals surface area contributed by atoms with Gasteiger partial charge in [-0.25, -0.2) is 18.1 Å². The van der Waals surface area contributed by atoms with Crippen LogP contribution in [0.5, 0.6) is 0 Å². The van der Waals surface area contributed by atoms with Crippen LogP contribution in [0.3, 0.4) is 0 Å². The quantitative estimate of drug-likeness (QED) is 0.942. The summed E-state index contributed by atoms with van der Waals surface area (Å²) in [6, 6.07) is 7.70. The van der Waals surface area contributed by atoms with Crippen molar-refractivity contribution in [1.29, 1.82) is 0 Å². The first kappa shape index (κ1) is 14.6. The molecule has 21 heavy (non-hydrogen) atoms. The maximum absolute atomic E-state index is 12.5. The van der Waals surface area contributed by atoms with Crippen LogP contribution in [0.15, 0.2) is 35.6 Å². The number of hydrogen-bond donors (Lipinski definition) is 1. The molecular weight excluding hydrogens is 310 g/mol. The van der Waals surface area contributed by atoms with Gasteiger partial charge in [-0.2, -0.15) is 0 Å². The van der Waals surface area contributed by atoms with E-state index >= 15 is 0 Å². The third-order valence-electron chi connectivity index (χ3n) is 3.76. The average molecular weight is 326 g/mol. The summed E-state index contributed by atoms with van der Waals surface area (Å²) in [5, 5.41) is 0.00122. The molecule has 5 nitrogen and oxygen atoms in total. The second kappa shape index (κ2) is 5.44. The first-order valence-electron chi connectivity index (χ1n) is 6.76. The Morgan fingerprint density at radius 3 is 2.86 bits per heavy atom. The highest BCUT2D eigenvalue weighted by Crippen LogP contribution is 2.31. The van der Waals surface area contributed by atoms with Gasteiger partial charge in [0.1, 0.15) is 5.15 Å². The van der Waals surface area contributed by atoms with Gasteiger partial charge in [0.25, 0.3) is 10.0 Å². The van der Waals surface area contributed by atoms with Crippen LogP contribution < -0.4 is 4.72 Å². The van der Waals surface area contributed by atoms with Gasteiger partial charge in [0, 0.05) is 13.1 Å². The van der Waals surface area contributed by atoms with Crippen molar-refractivity contribution in [3.63, 3.8) is 0 Å². The number of hydrogen-bond acceptors (Lipinski definition) is 3. The van der Waals surface area contributed by atoms with Gasteiger partial charge in [0.05, 0.1) is 6.33 Å². The van der Waals surface area contributed by atoms with E-state index < -0.39 is 10.0 Å². The second-order valence-corrected chi connectivity index (χ2v) is 7.20. The van der Waals surface area contributed by atoms with Crippen molar-refractivity contribution < 1.29 is 8.42 Å². The Morgan fingerprint density at radius 1 is 1.38 bits per heavy atom. The number of rotatable bonds is 3. The number of sulfonamides is 1. The molecule has 1 aliphatic rings. The maximum Gasteiger partial charge on any atom is 0.261 e. The summed E-state index contributed by atoms with van der Waals surface area (Å²) in [6.07, 6.45) is 4.12. The smallest absolute Gasteiger partial charge is 0.261 e. The van der Waals surface area contributed by atoms with E-state index in [-0.39, 0.29) is 16.2 Å². The summed E-state index contributed by atoms with van der Waals surface area (Å²) in [5.41, 5.74) is 2.24. The van der Waals surface area contributed by atoms with Crippen LogP contribution in [0.25, 0.3) is 0 Å². The van der Waals surface area contributed by atoms with Crippen molar-refractivity contribution in [2.45, 2.75) is 30.3 Å². The second-order valence-electron chi connectivity index (χ2n) is 5.22. The Bertz CT molecular complexity index is 770. The molecule has 0 saturated heterocycles. The van der Waals surface area contributed by atoms with Gasteiger partial charge in [-0.3, -0.25) is 0 Å². The van der Waals surface area contributed by atoms with E-state index in [0.717, 1.165) is 24.8 Å². The van der Waals surface area contributed by atoms with E-state index in [0.29, 0.717) is 0 Å². The predicted molar refractivity (Wildman–Crippen MR) is 80.7 cm³/mol. The highest BCUT2D eigenvalue weighted by molar-refractivity contribution is 7.89. The first-order valence-corrected chi connectivity index (χ1v) is 8.62. The number of nitrogens with one attached hydrogen (secondary N) is 1. The number of imidazole rings is 1. The molecule has 1 N–H and O–H groups in total. The molecule has 1 atom stereocenters. The Labute approximate surface area is 129 Å². The molecule has 0 saturated carbocycles. The monoisotopic (exact) mass is 325 g/mol. The first-order chi connectivity index (χ1) is 9.99. The zero-order chi connectivity index (χ0) is 15.0. The molecule has 1 aromatic carbocycles. The van der Waals surface area contributed by atoms with Crippen LogP contribution >= 0.6 is 11.6 Å². The molecule has 1 heterocycles. The summed E-state index contributed by atoms with van der Waals surface area (Å²) in [6.45, 7) is 0. The lowest BCUT2D eigenvalue weighted by molar-refractivity contribution is 0.506. The number of benzene rings is 1. The van der Waals surface area contributed by atoms with Gasteiger partial charge < -0.3 is 4.57 Å². The van der Waals surface area contributed by atoms with Gasteiger partial charge >= 0.3 is 0 Å². The van der Waals surface area contributed by atoms with Gasteiger partial charge in [-0.15, -0.1) is 0 Å². The zero-order valence-corrected chi connectivity index (χ0v) is 13.2. The minimum atomic E-state index is -3.73. The van der Waals surface area contributed by atoms with E-state index in [4.69, 9.17) is 11.6 Å². The van der Waals surface area contributed by atoms with Crippen LogP contribution in [0.1, 0.15) is 30.0 Å². The van der Waals surface area contributed by atoms with Crippen LogP contribution in [0.2, 0.25) is 5.15 Å². The zero-order valence-electron chi connectivity index (χ0n) is 11.6. The Balaban J connectivity index is 1.92. The van der Waals surface area contributed by atoms with E-state index in [9.17, 15) is 8.42 Å². The van der Waals surface area contributed by atoms with E-state index in [1.807, 2.05) is 24.3 Å². The molecule has 0 spiro atoms. The number of fused-ring (bicyclic) bond motifs is 1. The molecule has 0 aliphatic heterocycles. The van der Waals surface area contributed by atoms with Crippen molar-refractivity contribution in [3.8, 4) is 0 Å². The Hall–Kier alpha value is -1.37. The fourth-order valence-electron chi connectivity index (χ4n) is 2.69. The summed E-state index contributed by atoms with van der Waals surface area (Å²) in [7, 11) is -2.07. The molecule has 0 bridgehead atoms. The molecule has 0 amide bonds. The standard InChI is InChI=1S/C14H16ClN3O2S/c1-18-9-16-14(13(18)15)21(19,20)17-12-8-4-6-10-5-2-3-7-11(10)12/h2-3,5,7,9,12,17H,4,6,8H2,1H3.